The molecule has 1 aromatic carbocycles. The summed E-state index contributed by atoms with van der Waals surface area (Å²) in [6.07, 6.45) is 3.13. The van der Waals surface area contributed by atoms with Gasteiger partial charge in [0.05, 0.1) is 12.9 Å². The number of ether oxygens (including phenoxy) is 1. The summed E-state index contributed by atoms with van der Waals surface area (Å²) in [4.78, 5) is 0. The molecule has 0 aliphatic carbocycles. The normalized spacial score (nSPS) is 17.6. The summed E-state index contributed by atoms with van der Waals surface area (Å²) in [5.74, 6) is 0. The van der Waals surface area contributed by atoms with E-state index in [1.165, 1.54) is 0 Å². The first-order chi connectivity index (χ1) is 7.70. The van der Waals surface area contributed by atoms with Crippen molar-refractivity contribution in [3.63, 3.8) is 0 Å². The third kappa shape index (κ3) is 2.12. The number of hydrogen-bond acceptors (Lipinski definition) is 2. The molecule has 86 valence electrons. The SMILES string of the molecule is Cc1cccc(C)c1C(O)C1=COCCC1. The Morgan fingerprint density at radius 3 is 2.50 bits per heavy atom. The van der Waals surface area contributed by atoms with Gasteiger partial charge in [0.2, 0.25) is 0 Å². The predicted octanol–water partition coefficient (Wildman–Crippen LogP) is 3.03. The van der Waals surface area contributed by atoms with Crippen LogP contribution >= 0.6 is 0 Å². The largest absolute Gasteiger partial charge is 0.501 e. The second-order valence-electron chi connectivity index (χ2n) is 4.38. The van der Waals surface area contributed by atoms with Crippen LogP contribution in [0, 0.1) is 13.8 Å². The van der Waals surface area contributed by atoms with Crippen LogP contribution in [0.4, 0.5) is 0 Å². The van der Waals surface area contributed by atoms with Gasteiger partial charge in [-0.1, -0.05) is 18.2 Å². The number of aliphatic hydroxyl groups excluding tert-OH is 1. The summed E-state index contributed by atoms with van der Waals surface area (Å²) < 4.78 is 5.28. The van der Waals surface area contributed by atoms with E-state index < -0.39 is 6.10 Å². The Labute approximate surface area is 96.6 Å². The van der Waals surface area contributed by atoms with Gasteiger partial charge in [-0.2, -0.15) is 0 Å². The quantitative estimate of drug-likeness (QED) is 0.826. The Balaban J connectivity index is 2.33. The first-order valence-corrected chi connectivity index (χ1v) is 5.75. The highest BCUT2D eigenvalue weighted by atomic mass is 16.5. The van der Waals surface area contributed by atoms with Crippen LogP contribution in [0.5, 0.6) is 0 Å². The predicted molar refractivity (Wildman–Crippen MR) is 64.1 cm³/mol. The van der Waals surface area contributed by atoms with Gasteiger partial charge < -0.3 is 9.84 Å². The molecule has 0 saturated carbocycles. The smallest absolute Gasteiger partial charge is 0.104 e. The molecule has 2 heteroatoms. The fraction of sp³-hybridized carbons (Fsp3) is 0.429. The second kappa shape index (κ2) is 4.71. The Hall–Kier alpha value is -1.28. The molecule has 0 radical (unpaired) electrons. The number of aryl methyl sites for hydroxylation is 2. The van der Waals surface area contributed by atoms with E-state index in [1.807, 2.05) is 32.0 Å². The molecule has 0 aromatic heterocycles. The average molecular weight is 218 g/mol. The minimum Gasteiger partial charge on any atom is -0.501 e. The Morgan fingerprint density at radius 1 is 1.25 bits per heavy atom. The molecule has 1 unspecified atom stereocenters. The number of benzene rings is 1. The van der Waals surface area contributed by atoms with Crippen molar-refractivity contribution in [2.45, 2.75) is 32.8 Å². The van der Waals surface area contributed by atoms with Crippen molar-refractivity contribution in [2.24, 2.45) is 0 Å². The summed E-state index contributed by atoms with van der Waals surface area (Å²) in [7, 11) is 0. The Kier molecular flexibility index (Phi) is 3.30. The van der Waals surface area contributed by atoms with E-state index in [2.05, 4.69) is 0 Å². The van der Waals surface area contributed by atoms with E-state index in [9.17, 15) is 5.11 Å². The van der Waals surface area contributed by atoms with Crippen LogP contribution in [0.1, 0.15) is 35.6 Å². The summed E-state index contributed by atoms with van der Waals surface area (Å²) in [5.41, 5.74) is 4.29. The minimum absolute atomic E-state index is 0.513. The maximum absolute atomic E-state index is 10.4. The van der Waals surface area contributed by atoms with Gasteiger partial charge in [-0.3, -0.25) is 0 Å². The van der Waals surface area contributed by atoms with Crippen LogP contribution in [0.25, 0.3) is 0 Å². The lowest BCUT2D eigenvalue weighted by molar-refractivity contribution is 0.169. The third-order valence-corrected chi connectivity index (χ3v) is 3.13. The van der Waals surface area contributed by atoms with E-state index in [4.69, 9.17) is 4.74 Å². The van der Waals surface area contributed by atoms with Crippen LogP contribution in [0.2, 0.25) is 0 Å². The van der Waals surface area contributed by atoms with Crippen LogP contribution in [-0.2, 0) is 4.74 Å². The molecule has 1 aromatic rings. The highest BCUT2D eigenvalue weighted by Crippen LogP contribution is 2.31. The molecule has 0 amide bonds. The van der Waals surface area contributed by atoms with Gasteiger partial charge in [-0.05, 0) is 49.0 Å². The molecule has 2 rings (SSSR count). The molecule has 1 heterocycles. The highest BCUT2D eigenvalue weighted by Gasteiger charge is 2.19. The zero-order valence-electron chi connectivity index (χ0n) is 9.86. The molecule has 0 spiro atoms. The molecule has 1 aliphatic rings. The molecule has 16 heavy (non-hydrogen) atoms. The Morgan fingerprint density at radius 2 is 1.94 bits per heavy atom. The maximum atomic E-state index is 10.4. The third-order valence-electron chi connectivity index (χ3n) is 3.13. The van der Waals surface area contributed by atoms with Crippen LogP contribution in [-0.4, -0.2) is 11.7 Å². The highest BCUT2D eigenvalue weighted by molar-refractivity contribution is 5.39. The van der Waals surface area contributed by atoms with Crippen molar-refractivity contribution in [3.05, 3.63) is 46.7 Å². The molecule has 1 atom stereocenters. The standard InChI is InChI=1S/C14H18O2/c1-10-5-3-6-11(2)13(10)14(15)12-7-4-8-16-9-12/h3,5-6,9,14-15H,4,7-8H2,1-2H3. The fourth-order valence-corrected chi connectivity index (χ4v) is 2.23. The number of aliphatic hydroxyl groups is 1. The molecule has 0 saturated heterocycles. The van der Waals surface area contributed by atoms with Crippen molar-refractivity contribution in [1.29, 1.82) is 0 Å². The number of rotatable bonds is 2. The lowest BCUT2D eigenvalue weighted by Gasteiger charge is -2.22. The summed E-state index contributed by atoms with van der Waals surface area (Å²) in [6, 6.07) is 6.10. The molecule has 1 N–H and O–H groups in total. The van der Waals surface area contributed by atoms with Crippen molar-refractivity contribution < 1.29 is 9.84 Å². The monoisotopic (exact) mass is 218 g/mol. The van der Waals surface area contributed by atoms with Crippen molar-refractivity contribution in [3.8, 4) is 0 Å². The van der Waals surface area contributed by atoms with Gasteiger partial charge in [0, 0.05) is 0 Å². The van der Waals surface area contributed by atoms with Gasteiger partial charge in [-0.15, -0.1) is 0 Å². The van der Waals surface area contributed by atoms with Crippen molar-refractivity contribution >= 4 is 0 Å². The second-order valence-corrected chi connectivity index (χ2v) is 4.38. The van der Waals surface area contributed by atoms with E-state index >= 15 is 0 Å². The maximum Gasteiger partial charge on any atom is 0.104 e. The molecular weight excluding hydrogens is 200 g/mol. The van der Waals surface area contributed by atoms with Gasteiger partial charge in [0.15, 0.2) is 0 Å². The number of hydrogen-bond donors (Lipinski definition) is 1. The van der Waals surface area contributed by atoms with Gasteiger partial charge >= 0.3 is 0 Å². The van der Waals surface area contributed by atoms with Crippen molar-refractivity contribution in [2.75, 3.05) is 6.61 Å². The van der Waals surface area contributed by atoms with Gasteiger partial charge in [0.25, 0.3) is 0 Å². The molecular formula is C14H18O2. The first-order valence-electron chi connectivity index (χ1n) is 5.75. The molecule has 0 fully saturated rings. The first kappa shape index (κ1) is 11.2. The van der Waals surface area contributed by atoms with E-state index in [0.29, 0.717) is 0 Å². The van der Waals surface area contributed by atoms with Gasteiger partial charge in [0.1, 0.15) is 6.10 Å². The average Bonchev–Trinajstić information content (AvgIpc) is 2.30. The zero-order valence-corrected chi connectivity index (χ0v) is 9.86. The van der Waals surface area contributed by atoms with Crippen LogP contribution < -0.4 is 0 Å². The summed E-state index contributed by atoms with van der Waals surface area (Å²) >= 11 is 0. The lowest BCUT2D eigenvalue weighted by atomic mass is 9.91. The summed E-state index contributed by atoms with van der Waals surface area (Å²) in [6.45, 7) is 4.84. The lowest BCUT2D eigenvalue weighted by Crippen LogP contribution is -2.10. The van der Waals surface area contributed by atoms with E-state index in [0.717, 1.165) is 41.7 Å². The Bertz CT molecular complexity index is 387. The minimum atomic E-state index is -0.513. The van der Waals surface area contributed by atoms with Crippen LogP contribution in [0.15, 0.2) is 30.0 Å². The fourth-order valence-electron chi connectivity index (χ4n) is 2.23. The van der Waals surface area contributed by atoms with E-state index in [1.54, 1.807) is 6.26 Å². The summed E-state index contributed by atoms with van der Waals surface area (Å²) in [5, 5.41) is 10.4. The molecule has 0 bridgehead atoms. The topological polar surface area (TPSA) is 29.5 Å². The van der Waals surface area contributed by atoms with Crippen molar-refractivity contribution in [1.82, 2.24) is 0 Å². The van der Waals surface area contributed by atoms with Gasteiger partial charge in [-0.25, -0.2) is 0 Å². The van der Waals surface area contributed by atoms with E-state index in [-0.39, 0.29) is 0 Å². The molecule has 1 aliphatic heterocycles. The van der Waals surface area contributed by atoms with Crippen LogP contribution in [0.3, 0.4) is 0 Å². The molecule has 2 nitrogen and oxygen atoms in total. The zero-order chi connectivity index (χ0) is 11.5.